The lowest BCUT2D eigenvalue weighted by Gasteiger charge is -2.09. The molecule has 5 heteroatoms. The van der Waals surface area contributed by atoms with Gasteiger partial charge in [-0.3, -0.25) is 4.79 Å². The van der Waals surface area contributed by atoms with Gasteiger partial charge in [0.2, 0.25) is 5.75 Å². The minimum Gasteiger partial charge on any atom is -0.502 e. The molecule has 2 aromatic carbocycles. The fourth-order valence-electron chi connectivity index (χ4n) is 1.89. The summed E-state index contributed by atoms with van der Waals surface area (Å²) in [6.45, 7) is 0. The van der Waals surface area contributed by atoms with Crippen molar-refractivity contribution in [1.82, 2.24) is 0 Å². The number of hydrogen-bond donors (Lipinski definition) is 1. The Kier molecular flexibility index (Phi) is 5.43. The molecule has 0 aliphatic rings. The lowest BCUT2D eigenvalue weighted by Crippen LogP contribution is -1.94. The number of allylic oxidation sites excluding steroid dienone is 1. The Morgan fingerprint density at radius 3 is 2.14 bits per heavy atom. The Bertz CT molecular complexity index is 680. The van der Waals surface area contributed by atoms with Gasteiger partial charge in [0.05, 0.1) is 14.2 Å². The summed E-state index contributed by atoms with van der Waals surface area (Å²) in [7, 11) is 2.91. The summed E-state index contributed by atoms with van der Waals surface area (Å²) in [6.07, 6.45) is 3.14. The van der Waals surface area contributed by atoms with Crippen LogP contribution in [0.3, 0.4) is 0 Å². The summed E-state index contributed by atoms with van der Waals surface area (Å²) in [6, 6.07) is 10.6. The number of ether oxygens (including phenoxy) is 2. The van der Waals surface area contributed by atoms with Crippen molar-refractivity contribution in [1.29, 1.82) is 0 Å². The van der Waals surface area contributed by atoms with Crippen LogP contribution in [0.2, 0.25) is 0 Å². The highest BCUT2D eigenvalue weighted by molar-refractivity contribution is 14.1. The zero-order valence-electron chi connectivity index (χ0n) is 12.2. The third-order valence-electron chi connectivity index (χ3n) is 3.06. The summed E-state index contributed by atoms with van der Waals surface area (Å²) in [5.41, 5.74) is 1.32. The van der Waals surface area contributed by atoms with Crippen molar-refractivity contribution in [2.75, 3.05) is 14.2 Å². The van der Waals surface area contributed by atoms with Crippen molar-refractivity contribution in [3.63, 3.8) is 0 Å². The Morgan fingerprint density at radius 1 is 1.09 bits per heavy atom. The second-order valence-corrected chi connectivity index (χ2v) is 5.72. The second kappa shape index (κ2) is 7.31. The van der Waals surface area contributed by atoms with Crippen molar-refractivity contribution in [3.05, 3.63) is 57.2 Å². The zero-order chi connectivity index (χ0) is 16.1. The Labute approximate surface area is 142 Å². The van der Waals surface area contributed by atoms with E-state index in [1.165, 1.54) is 20.3 Å². The van der Waals surface area contributed by atoms with Crippen LogP contribution >= 0.6 is 22.6 Å². The minimum atomic E-state index is -0.0950. The van der Waals surface area contributed by atoms with E-state index in [1.807, 2.05) is 12.1 Å². The molecular weight excluding hydrogens is 395 g/mol. The molecule has 0 amide bonds. The molecule has 0 bridgehead atoms. The number of rotatable bonds is 5. The highest BCUT2D eigenvalue weighted by Crippen LogP contribution is 2.37. The van der Waals surface area contributed by atoms with Gasteiger partial charge in [-0.2, -0.15) is 0 Å². The van der Waals surface area contributed by atoms with Gasteiger partial charge in [0, 0.05) is 9.13 Å². The molecule has 0 aromatic heterocycles. The second-order valence-electron chi connectivity index (χ2n) is 4.48. The van der Waals surface area contributed by atoms with Gasteiger partial charge < -0.3 is 14.6 Å². The van der Waals surface area contributed by atoms with Gasteiger partial charge in [0.25, 0.3) is 0 Å². The van der Waals surface area contributed by atoms with Gasteiger partial charge in [-0.25, -0.2) is 0 Å². The van der Waals surface area contributed by atoms with Crippen LogP contribution < -0.4 is 9.47 Å². The molecule has 2 rings (SSSR count). The average Bonchev–Trinajstić information content (AvgIpc) is 2.54. The Hall–Kier alpha value is -2.02. The molecule has 0 atom stereocenters. The molecule has 22 heavy (non-hydrogen) atoms. The fourth-order valence-corrected chi connectivity index (χ4v) is 2.25. The van der Waals surface area contributed by atoms with Gasteiger partial charge in [0.1, 0.15) is 0 Å². The number of phenolic OH excluding ortho intramolecular Hbond substituents is 1. The number of ketones is 1. The topological polar surface area (TPSA) is 55.8 Å². The molecule has 0 saturated heterocycles. The summed E-state index contributed by atoms with van der Waals surface area (Å²) in [5.74, 6) is 0.426. The third kappa shape index (κ3) is 3.79. The first-order chi connectivity index (χ1) is 10.5. The van der Waals surface area contributed by atoms with Crippen LogP contribution in [0.5, 0.6) is 17.2 Å². The van der Waals surface area contributed by atoms with Gasteiger partial charge in [-0.05, 0) is 58.5 Å². The molecule has 0 saturated carbocycles. The van der Waals surface area contributed by atoms with Crippen LogP contribution in [0.25, 0.3) is 6.08 Å². The van der Waals surface area contributed by atoms with Crippen molar-refractivity contribution in [2.45, 2.75) is 0 Å². The van der Waals surface area contributed by atoms with Gasteiger partial charge >= 0.3 is 0 Å². The molecular formula is C17H15IO4. The maximum absolute atomic E-state index is 12.1. The number of carbonyl (C=O) groups is 1. The van der Waals surface area contributed by atoms with Crippen molar-refractivity contribution < 1.29 is 19.4 Å². The predicted molar refractivity (Wildman–Crippen MR) is 93.7 cm³/mol. The van der Waals surface area contributed by atoms with E-state index >= 15 is 0 Å². The smallest absolute Gasteiger partial charge is 0.200 e. The predicted octanol–water partition coefficient (Wildman–Crippen LogP) is 3.91. The molecule has 2 aromatic rings. The van der Waals surface area contributed by atoms with E-state index < -0.39 is 0 Å². The summed E-state index contributed by atoms with van der Waals surface area (Å²) in [5, 5.41) is 9.85. The van der Waals surface area contributed by atoms with Crippen LogP contribution in [-0.4, -0.2) is 25.1 Å². The number of halogens is 1. The van der Waals surface area contributed by atoms with Crippen LogP contribution in [0.15, 0.2) is 42.5 Å². The van der Waals surface area contributed by atoms with Crippen LogP contribution in [0.1, 0.15) is 15.9 Å². The van der Waals surface area contributed by atoms with Crippen molar-refractivity contribution in [3.8, 4) is 17.2 Å². The monoisotopic (exact) mass is 410 g/mol. The Morgan fingerprint density at radius 2 is 1.64 bits per heavy atom. The third-order valence-corrected chi connectivity index (χ3v) is 3.78. The van der Waals surface area contributed by atoms with E-state index in [1.54, 1.807) is 30.3 Å². The van der Waals surface area contributed by atoms with E-state index in [0.717, 1.165) is 3.57 Å². The molecule has 0 heterocycles. The van der Waals surface area contributed by atoms with E-state index in [0.29, 0.717) is 22.6 Å². The molecule has 1 N–H and O–H groups in total. The normalized spacial score (nSPS) is 10.7. The molecule has 114 valence electrons. The summed E-state index contributed by atoms with van der Waals surface area (Å²) >= 11 is 2.19. The SMILES string of the molecule is COc1cc(/C=C/C(=O)c2ccc(I)cc2)cc(OC)c1O. The highest BCUT2D eigenvalue weighted by Gasteiger charge is 2.10. The summed E-state index contributed by atoms with van der Waals surface area (Å²) < 4.78 is 11.2. The van der Waals surface area contributed by atoms with Gasteiger partial charge in [-0.15, -0.1) is 0 Å². The molecule has 0 unspecified atom stereocenters. The van der Waals surface area contributed by atoms with Crippen LogP contribution in [-0.2, 0) is 0 Å². The first-order valence-corrected chi connectivity index (χ1v) is 7.56. The number of phenols is 1. The molecule has 0 fully saturated rings. The fraction of sp³-hybridized carbons (Fsp3) is 0.118. The molecule has 0 spiro atoms. The Balaban J connectivity index is 2.26. The molecule has 0 aliphatic carbocycles. The zero-order valence-corrected chi connectivity index (χ0v) is 14.3. The lowest BCUT2D eigenvalue weighted by atomic mass is 10.1. The molecule has 0 aliphatic heterocycles. The van der Waals surface area contributed by atoms with Gasteiger partial charge in [-0.1, -0.05) is 18.2 Å². The number of carbonyl (C=O) groups excluding carboxylic acids is 1. The lowest BCUT2D eigenvalue weighted by molar-refractivity contribution is 0.104. The standard InChI is InChI=1S/C17H15IO4/c1-21-15-9-11(10-16(22-2)17(15)20)3-8-14(19)12-4-6-13(18)7-5-12/h3-10,20H,1-2H3/b8-3+. The average molecular weight is 410 g/mol. The maximum Gasteiger partial charge on any atom is 0.200 e. The number of hydrogen-bond acceptors (Lipinski definition) is 4. The first-order valence-electron chi connectivity index (χ1n) is 6.48. The number of benzene rings is 2. The largest absolute Gasteiger partial charge is 0.502 e. The maximum atomic E-state index is 12.1. The molecule has 0 radical (unpaired) electrons. The van der Waals surface area contributed by atoms with E-state index in [2.05, 4.69) is 22.6 Å². The van der Waals surface area contributed by atoms with E-state index in [-0.39, 0.29) is 11.5 Å². The van der Waals surface area contributed by atoms with E-state index in [9.17, 15) is 9.90 Å². The highest BCUT2D eigenvalue weighted by atomic mass is 127. The molecule has 4 nitrogen and oxygen atoms in total. The summed E-state index contributed by atoms with van der Waals surface area (Å²) in [4.78, 5) is 12.1. The van der Waals surface area contributed by atoms with Gasteiger partial charge in [0.15, 0.2) is 17.3 Å². The van der Waals surface area contributed by atoms with Crippen LogP contribution in [0, 0.1) is 3.57 Å². The van der Waals surface area contributed by atoms with Crippen molar-refractivity contribution in [2.24, 2.45) is 0 Å². The first kappa shape index (κ1) is 16.4. The number of aromatic hydroxyl groups is 1. The van der Waals surface area contributed by atoms with Crippen molar-refractivity contribution >= 4 is 34.5 Å². The minimum absolute atomic E-state index is 0.0638. The van der Waals surface area contributed by atoms with Crippen LogP contribution in [0.4, 0.5) is 0 Å². The van der Waals surface area contributed by atoms with E-state index in [4.69, 9.17) is 9.47 Å². The number of methoxy groups -OCH3 is 2. The quantitative estimate of drug-likeness (QED) is 0.462.